The topological polar surface area (TPSA) is 53.4 Å². The Hall–Kier alpha value is -2.04. The van der Waals surface area contributed by atoms with Crippen LogP contribution < -0.4 is 4.74 Å². The van der Waals surface area contributed by atoms with Gasteiger partial charge in [0, 0.05) is 7.05 Å². The summed E-state index contributed by atoms with van der Waals surface area (Å²) in [7, 11) is 3.43. The van der Waals surface area contributed by atoms with E-state index in [-0.39, 0.29) is 12.1 Å². The zero-order chi connectivity index (χ0) is 13.3. The number of rotatable bonds is 3. The fraction of sp³-hybridized carbons (Fsp3) is 0.385. The van der Waals surface area contributed by atoms with E-state index >= 15 is 0 Å². The van der Waals surface area contributed by atoms with Crippen molar-refractivity contribution in [2.45, 2.75) is 20.0 Å². The molecule has 0 N–H and O–H groups in total. The molecule has 0 saturated heterocycles. The fourth-order valence-electron chi connectivity index (χ4n) is 1.77. The van der Waals surface area contributed by atoms with E-state index in [1.54, 1.807) is 19.2 Å². The van der Waals surface area contributed by atoms with Crippen LogP contribution in [0.2, 0.25) is 0 Å². The lowest BCUT2D eigenvalue weighted by Crippen LogP contribution is -2.11. The smallest absolute Gasteiger partial charge is 0.338 e. The van der Waals surface area contributed by atoms with Crippen LogP contribution in [-0.2, 0) is 11.8 Å². The third-order valence-corrected chi connectivity index (χ3v) is 2.60. The summed E-state index contributed by atoms with van der Waals surface area (Å²) in [6.45, 7) is 3.64. The zero-order valence-corrected chi connectivity index (χ0v) is 10.9. The SMILES string of the molecule is COc1nc2cc(C(=O)OC(C)C)ccc2n1C. The summed E-state index contributed by atoms with van der Waals surface area (Å²) >= 11 is 0. The third kappa shape index (κ3) is 2.16. The van der Waals surface area contributed by atoms with Gasteiger partial charge in [0.2, 0.25) is 0 Å². The molecule has 5 nitrogen and oxygen atoms in total. The number of fused-ring (bicyclic) bond motifs is 1. The third-order valence-electron chi connectivity index (χ3n) is 2.60. The predicted octanol–water partition coefficient (Wildman–Crippen LogP) is 2.15. The molecule has 2 aromatic rings. The first-order valence-electron chi connectivity index (χ1n) is 5.74. The van der Waals surface area contributed by atoms with E-state index in [0.29, 0.717) is 17.1 Å². The molecule has 0 bridgehead atoms. The molecule has 0 spiro atoms. The van der Waals surface area contributed by atoms with Gasteiger partial charge < -0.3 is 9.47 Å². The van der Waals surface area contributed by atoms with E-state index in [2.05, 4.69) is 4.98 Å². The number of imidazole rings is 1. The van der Waals surface area contributed by atoms with Crippen molar-refractivity contribution in [3.8, 4) is 6.01 Å². The van der Waals surface area contributed by atoms with Crippen LogP contribution in [-0.4, -0.2) is 28.7 Å². The summed E-state index contributed by atoms with van der Waals surface area (Å²) in [6.07, 6.45) is -0.133. The van der Waals surface area contributed by atoms with Gasteiger partial charge in [-0.05, 0) is 32.0 Å². The molecule has 2 rings (SSSR count). The molecule has 0 atom stereocenters. The second kappa shape index (κ2) is 4.68. The normalized spacial score (nSPS) is 10.9. The minimum atomic E-state index is -0.337. The number of carbonyl (C=O) groups excluding carboxylic acids is 1. The van der Waals surface area contributed by atoms with Crippen LogP contribution in [0.4, 0.5) is 0 Å². The molecule has 0 aliphatic heterocycles. The number of benzene rings is 1. The van der Waals surface area contributed by atoms with Gasteiger partial charge in [0.05, 0.1) is 29.8 Å². The zero-order valence-electron chi connectivity index (χ0n) is 10.9. The lowest BCUT2D eigenvalue weighted by Gasteiger charge is -2.07. The van der Waals surface area contributed by atoms with Gasteiger partial charge in [-0.1, -0.05) is 0 Å². The van der Waals surface area contributed by atoms with Gasteiger partial charge >= 0.3 is 5.97 Å². The average molecular weight is 248 g/mol. The Morgan fingerprint density at radius 2 is 2.11 bits per heavy atom. The standard InChI is InChI=1S/C13H16N2O3/c1-8(2)18-12(16)9-5-6-11-10(7-9)14-13(17-4)15(11)3/h5-8H,1-4H3. The van der Waals surface area contributed by atoms with Gasteiger partial charge in [-0.25, -0.2) is 4.79 Å². The maximum atomic E-state index is 11.8. The van der Waals surface area contributed by atoms with Crippen molar-refractivity contribution in [3.05, 3.63) is 23.8 Å². The van der Waals surface area contributed by atoms with Crippen molar-refractivity contribution in [1.29, 1.82) is 0 Å². The van der Waals surface area contributed by atoms with Gasteiger partial charge in [-0.3, -0.25) is 4.57 Å². The first-order chi connectivity index (χ1) is 8.52. The molecule has 0 unspecified atom stereocenters. The van der Waals surface area contributed by atoms with Crippen molar-refractivity contribution in [3.63, 3.8) is 0 Å². The monoisotopic (exact) mass is 248 g/mol. The summed E-state index contributed by atoms with van der Waals surface area (Å²) in [5.74, 6) is -0.337. The lowest BCUT2D eigenvalue weighted by atomic mass is 10.2. The van der Waals surface area contributed by atoms with Crippen LogP contribution in [0.5, 0.6) is 6.01 Å². The van der Waals surface area contributed by atoms with Gasteiger partial charge in [-0.15, -0.1) is 0 Å². The van der Waals surface area contributed by atoms with Crippen LogP contribution in [0.3, 0.4) is 0 Å². The second-order valence-electron chi connectivity index (χ2n) is 4.32. The van der Waals surface area contributed by atoms with E-state index in [9.17, 15) is 4.79 Å². The molecule has 0 aliphatic carbocycles. The minimum absolute atomic E-state index is 0.133. The predicted molar refractivity (Wildman–Crippen MR) is 67.8 cm³/mol. The summed E-state index contributed by atoms with van der Waals surface area (Å²) < 4.78 is 12.1. The molecule has 0 fully saturated rings. The molecule has 18 heavy (non-hydrogen) atoms. The second-order valence-corrected chi connectivity index (χ2v) is 4.32. The molecule has 0 radical (unpaired) electrons. The number of hydrogen-bond donors (Lipinski definition) is 0. The molecule has 1 aromatic heterocycles. The highest BCUT2D eigenvalue weighted by Crippen LogP contribution is 2.21. The van der Waals surface area contributed by atoms with Crippen LogP contribution in [0.15, 0.2) is 18.2 Å². The molecule has 0 aliphatic rings. The van der Waals surface area contributed by atoms with Crippen molar-refractivity contribution >= 4 is 17.0 Å². The summed E-state index contributed by atoms with van der Waals surface area (Å²) in [5, 5.41) is 0. The Morgan fingerprint density at radius 1 is 1.39 bits per heavy atom. The molecular weight excluding hydrogens is 232 g/mol. The first kappa shape index (κ1) is 12.4. The average Bonchev–Trinajstić information content (AvgIpc) is 2.64. The minimum Gasteiger partial charge on any atom is -0.468 e. The first-order valence-corrected chi connectivity index (χ1v) is 5.74. The van der Waals surface area contributed by atoms with E-state index in [0.717, 1.165) is 5.52 Å². The number of ether oxygens (including phenoxy) is 2. The molecule has 0 saturated carbocycles. The Balaban J connectivity index is 2.41. The van der Waals surface area contributed by atoms with Crippen molar-refractivity contribution < 1.29 is 14.3 Å². The summed E-state index contributed by atoms with van der Waals surface area (Å²) in [5.41, 5.74) is 2.12. The highest BCUT2D eigenvalue weighted by molar-refractivity contribution is 5.94. The van der Waals surface area contributed by atoms with Crippen molar-refractivity contribution in [1.82, 2.24) is 9.55 Å². The van der Waals surface area contributed by atoms with Crippen LogP contribution >= 0.6 is 0 Å². The Kier molecular flexibility index (Phi) is 3.23. The molecule has 5 heteroatoms. The van der Waals surface area contributed by atoms with Gasteiger partial charge in [0.15, 0.2) is 0 Å². The number of hydrogen-bond acceptors (Lipinski definition) is 4. The fourth-order valence-corrected chi connectivity index (χ4v) is 1.77. The number of aryl methyl sites for hydroxylation is 1. The molecule has 96 valence electrons. The number of methoxy groups -OCH3 is 1. The van der Waals surface area contributed by atoms with E-state index in [4.69, 9.17) is 9.47 Å². The van der Waals surface area contributed by atoms with Crippen molar-refractivity contribution in [2.75, 3.05) is 7.11 Å². The quantitative estimate of drug-likeness (QED) is 0.781. The Morgan fingerprint density at radius 3 is 2.72 bits per heavy atom. The van der Waals surface area contributed by atoms with Gasteiger partial charge in [0.25, 0.3) is 6.01 Å². The highest BCUT2D eigenvalue weighted by atomic mass is 16.5. The largest absolute Gasteiger partial charge is 0.468 e. The molecule has 1 aromatic carbocycles. The summed E-state index contributed by atoms with van der Waals surface area (Å²) in [4.78, 5) is 16.1. The number of nitrogens with zero attached hydrogens (tertiary/aromatic N) is 2. The Labute approximate surface area is 105 Å². The van der Waals surface area contributed by atoms with E-state index in [1.165, 1.54) is 0 Å². The van der Waals surface area contributed by atoms with E-state index in [1.807, 2.05) is 31.5 Å². The number of aromatic nitrogens is 2. The summed E-state index contributed by atoms with van der Waals surface area (Å²) in [6, 6.07) is 5.79. The highest BCUT2D eigenvalue weighted by Gasteiger charge is 2.13. The van der Waals surface area contributed by atoms with Gasteiger partial charge in [0.1, 0.15) is 0 Å². The van der Waals surface area contributed by atoms with E-state index < -0.39 is 0 Å². The van der Waals surface area contributed by atoms with Crippen LogP contribution in [0.1, 0.15) is 24.2 Å². The maximum absolute atomic E-state index is 11.8. The van der Waals surface area contributed by atoms with Crippen molar-refractivity contribution in [2.24, 2.45) is 7.05 Å². The van der Waals surface area contributed by atoms with Crippen LogP contribution in [0, 0.1) is 0 Å². The lowest BCUT2D eigenvalue weighted by molar-refractivity contribution is 0.0378. The Bertz CT molecular complexity index is 587. The molecular formula is C13H16N2O3. The van der Waals surface area contributed by atoms with Gasteiger partial charge in [-0.2, -0.15) is 4.98 Å². The number of carbonyl (C=O) groups is 1. The number of esters is 1. The molecule has 1 heterocycles. The molecule has 0 amide bonds. The maximum Gasteiger partial charge on any atom is 0.338 e. The van der Waals surface area contributed by atoms with Crippen LogP contribution in [0.25, 0.3) is 11.0 Å².